The molecule has 0 N–H and O–H groups in total. The highest BCUT2D eigenvalue weighted by atomic mass is 16.7. The maximum atomic E-state index is 10.9. The second-order valence-corrected chi connectivity index (χ2v) is 2.80. The Morgan fingerprint density at radius 1 is 1.50 bits per heavy atom. The second-order valence-electron chi connectivity index (χ2n) is 2.80. The summed E-state index contributed by atoms with van der Waals surface area (Å²) in [5.41, 5.74) is 0.171. The van der Waals surface area contributed by atoms with Crippen molar-refractivity contribution < 1.29 is 14.3 Å². The first-order valence-electron chi connectivity index (χ1n) is 4.03. The van der Waals surface area contributed by atoms with E-state index < -0.39 is 5.97 Å². The van der Waals surface area contributed by atoms with Crippen molar-refractivity contribution >= 4 is 5.97 Å². The third kappa shape index (κ3) is 2.66. The predicted molar refractivity (Wildman–Crippen MR) is 44.2 cm³/mol. The van der Waals surface area contributed by atoms with Crippen molar-refractivity contribution in [3.05, 3.63) is 19.1 Å². The summed E-state index contributed by atoms with van der Waals surface area (Å²) < 4.78 is 10.1. The summed E-state index contributed by atoms with van der Waals surface area (Å²) in [7, 11) is 0. The van der Waals surface area contributed by atoms with Gasteiger partial charge in [0.15, 0.2) is 0 Å². The van der Waals surface area contributed by atoms with Gasteiger partial charge < -0.3 is 9.47 Å². The number of ether oxygens (including phenoxy) is 2. The van der Waals surface area contributed by atoms with Crippen molar-refractivity contribution in [3.63, 3.8) is 0 Å². The number of carbonyl (C=O) groups is 1. The molecule has 1 radical (unpaired) electrons. The summed E-state index contributed by atoms with van der Waals surface area (Å²) in [5, 5.41) is 0. The molecule has 3 heteroatoms. The summed E-state index contributed by atoms with van der Waals surface area (Å²) >= 11 is 0. The molecule has 1 saturated heterocycles. The molecule has 3 nitrogen and oxygen atoms in total. The van der Waals surface area contributed by atoms with Gasteiger partial charge in [-0.15, -0.1) is 0 Å². The summed E-state index contributed by atoms with van der Waals surface area (Å²) in [4.78, 5) is 10.9. The van der Waals surface area contributed by atoms with E-state index in [1.165, 1.54) is 0 Å². The Labute approximate surface area is 72.4 Å². The molecule has 0 spiro atoms. The van der Waals surface area contributed by atoms with Gasteiger partial charge in [-0.3, -0.25) is 0 Å². The lowest BCUT2D eigenvalue weighted by atomic mass is 10.2. The van der Waals surface area contributed by atoms with Crippen LogP contribution in [-0.2, 0) is 14.3 Å². The number of hydrogen-bond acceptors (Lipinski definition) is 3. The highest BCUT2D eigenvalue weighted by Gasteiger charge is 2.17. The average Bonchev–Trinajstić information content (AvgIpc) is 2.06. The smallest absolute Gasteiger partial charge is 0.335 e. The quantitative estimate of drug-likeness (QED) is 0.463. The molecule has 1 fully saturated rings. The van der Waals surface area contributed by atoms with Crippen molar-refractivity contribution in [1.29, 1.82) is 0 Å². The first kappa shape index (κ1) is 9.26. The Kier molecular flexibility index (Phi) is 3.29. The SMILES string of the molecule is [CH2]C(=C)C(=O)OC1CCCCO1. The molecule has 1 unspecified atom stereocenters. The molecule has 0 saturated carbocycles. The van der Waals surface area contributed by atoms with Gasteiger partial charge in [0.1, 0.15) is 0 Å². The average molecular weight is 169 g/mol. The molecule has 12 heavy (non-hydrogen) atoms. The van der Waals surface area contributed by atoms with E-state index in [4.69, 9.17) is 9.47 Å². The second kappa shape index (κ2) is 4.26. The molecule has 0 aliphatic carbocycles. The molecule has 1 atom stereocenters. The fourth-order valence-corrected chi connectivity index (χ4v) is 1.01. The molecular weight excluding hydrogens is 156 g/mol. The molecule has 1 aliphatic rings. The van der Waals surface area contributed by atoms with E-state index in [9.17, 15) is 4.79 Å². The zero-order chi connectivity index (χ0) is 8.97. The van der Waals surface area contributed by atoms with Crippen molar-refractivity contribution in [1.82, 2.24) is 0 Å². The van der Waals surface area contributed by atoms with E-state index in [0.29, 0.717) is 6.61 Å². The molecule has 1 heterocycles. The lowest BCUT2D eigenvalue weighted by molar-refractivity contribution is -0.182. The van der Waals surface area contributed by atoms with Crippen LogP contribution in [0.25, 0.3) is 0 Å². The maximum Gasteiger partial charge on any atom is 0.335 e. The Bertz CT molecular complexity index is 180. The first-order valence-corrected chi connectivity index (χ1v) is 4.03. The number of esters is 1. The van der Waals surface area contributed by atoms with Gasteiger partial charge in [-0.25, -0.2) is 4.79 Å². The molecule has 1 aliphatic heterocycles. The Balaban J connectivity index is 2.29. The molecule has 0 aromatic carbocycles. The minimum absolute atomic E-state index is 0.171. The summed E-state index contributed by atoms with van der Waals surface area (Å²) in [5.74, 6) is -0.470. The zero-order valence-corrected chi connectivity index (χ0v) is 7.04. The van der Waals surface area contributed by atoms with Crippen LogP contribution in [-0.4, -0.2) is 18.9 Å². The fourth-order valence-electron chi connectivity index (χ4n) is 1.01. The van der Waals surface area contributed by atoms with Crippen LogP contribution in [0.4, 0.5) is 0 Å². The first-order chi connectivity index (χ1) is 5.70. The molecule has 0 bridgehead atoms. The van der Waals surface area contributed by atoms with Gasteiger partial charge in [0.05, 0.1) is 6.61 Å². The van der Waals surface area contributed by atoms with Gasteiger partial charge in [-0.1, -0.05) is 6.58 Å². The van der Waals surface area contributed by atoms with E-state index in [1.807, 2.05) is 0 Å². The number of rotatable bonds is 2. The van der Waals surface area contributed by atoms with Crippen LogP contribution in [0, 0.1) is 6.92 Å². The van der Waals surface area contributed by atoms with Crippen LogP contribution in [0.1, 0.15) is 19.3 Å². The summed E-state index contributed by atoms with van der Waals surface area (Å²) in [6, 6.07) is 0. The topological polar surface area (TPSA) is 35.5 Å². The molecule has 0 amide bonds. The summed E-state index contributed by atoms with van der Waals surface area (Å²) in [6.07, 6.45) is 2.48. The third-order valence-corrected chi connectivity index (χ3v) is 1.67. The van der Waals surface area contributed by atoms with Crippen LogP contribution in [0.15, 0.2) is 12.2 Å². The van der Waals surface area contributed by atoms with Gasteiger partial charge in [0.25, 0.3) is 0 Å². The Morgan fingerprint density at radius 2 is 2.25 bits per heavy atom. The van der Waals surface area contributed by atoms with Crippen molar-refractivity contribution in [2.75, 3.05) is 6.61 Å². The van der Waals surface area contributed by atoms with Crippen LogP contribution in [0.2, 0.25) is 0 Å². The van der Waals surface area contributed by atoms with Gasteiger partial charge >= 0.3 is 5.97 Å². The lowest BCUT2D eigenvalue weighted by Crippen LogP contribution is -2.25. The van der Waals surface area contributed by atoms with Crippen LogP contribution >= 0.6 is 0 Å². The monoisotopic (exact) mass is 169 g/mol. The van der Waals surface area contributed by atoms with E-state index in [0.717, 1.165) is 19.3 Å². The van der Waals surface area contributed by atoms with Crippen LogP contribution < -0.4 is 0 Å². The predicted octanol–water partition coefficient (Wildman–Crippen LogP) is 1.45. The van der Waals surface area contributed by atoms with Crippen LogP contribution in [0.5, 0.6) is 0 Å². The zero-order valence-electron chi connectivity index (χ0n) is 7.04. The normalized spacial score (nSPS) is 23.2. The molecule has 1 rings (SSSR count). The van der Waals surface area contributed by atoms with E-state index >= 15 is 0 Å². The number of hydrogen-bond donors (Lipinski definition) is 0. The molecule has 0 aromatic rings. The minimum Gasteiger partial charge on any atom is -0.432 e. The molecule has 0 aromatic heterocycles. The minimum atomic E-state index is -0.470. The van der Waals surface area contributed by atoms with Crippen molar-refractivity contribution in [3.8, 4) is 0 Å². The highest BCUT2D eigenvalue weighted by Crippen LogP contribution is 2.14. The van der Waals surface area contributed by atoms with E-state index in [1.54, 1.807) is 0 Å². The number of carbonyl (C=O) groups excluding carboxylic acids is 1. The van der Waals surface area contributed by atoms with Crippen molar-refractivity contribution in [2.45, 2.75) is 25.6 Å². The Hall–Kier alpha value is -0.830. The molecular formula is C9H13O3. The van der Waals surface area contributed by atoms with Gasteiger partial charge in [0, 0.05) is 12.0 Å². The third-order valence-electron chi connectivity index (χ3n) is 1.67. The lowest BCUT2D eigenvalue weighted by Gasteiger charge is -2.22. The van der Waals surface area contributed by atoms with Crippen molar-refractivity contribution in [2.24, 2.45) is 0 Å². The van der Waals surface area contributed by atoms with Gasteiger partial charge in [-0.2, -0.15) is 0 Å². The molecule has 67 valence electrons. The highest BCUT2D eigenvalue weighted by molar-refractivity contribution is 5.88. The van der Waals surface area contributed by atoms with Gasteiger partial charge in [-0.05, 0) is 19.8 Å². The van der Waals surface area contributed by atoms with E-state index in [2.05, 4.69) is 13.5 Å². The van der Waals surface area contributed by atoms with Gasteiger partial charge in [0.2, 0.25) is 6.29 Å². The fraction of sp³-hybridized carbons (Fsp3) is 0.556. The van der Waals surface area contributed by atoms with Crippen LogP contribution in [0.3, 0.4) is 0 Å². The standard InChI is InChI=1S/C9H13O3/c1-7(2)9(10)12-8-5-3-4-6-11-8/h8H,1-6H2. The summed E-state index contributed by atoms with van der Waals surface area (Å²) in [6.45, 7) is 7.43. The largest absolute Gasteiger partial charge is 0.432 e. The van der Waals surface area contributed by atoms with E-state index in [-0.39, 0.29) is 11.9 Å². The maximum absolute atomic E-state index is 10.9. The Morgan fingerprint density at radius 3 is 2.75 bits per heavy atom.